The van der Waals surface area contributed by atoms with Crippen molar-refractivity contribution in [3.8, 4) is 17.1 Å². The number of halogens is 1. The molecule has 114 valence electrons. The van der Waals surface area contributed by atoms with Crippen molar-refractivity contribution < 1.29 is 9.15 Å². The molecule has 0 aliphatic rings. The Labute approximate surface area is 131 Å². The minimum atomic E-state index is 0.108. The molecule has 0 aliphatic heterocycles. The maximum absolute atomic E-state index is 6.15. The van der Waals surface area contributed by atoms with Crippen molar-refractivity contribution in [3.63, 3.8) is 0 Å². The van der Waals surface area contributed by atoms with Gasteiger partial charge in [-0.2, -0.15) is 0 Å². The van der Waals surface area contributed by atoms with Crippen molar-refractivity contribution in [1.82, 2.24) is 5.32 Å². The SMILES string of the molecule is CCC(C)(C)NCc1ccc(-c2ccc(OC)c(Cl)c2)o1. The Hall–Kier alpha value is -1.45. The summed E-state index contributed by atoms with van der Waals surface area (Å²) in [5.74, 6) is 2.39. The fourth-order valence-corrected chi connectivity index (χ4v) is 2.16. The Morgan fingerprint density at radius 1 is 1.24 bits per heavy atom. The van der Waals surface area contributed by atoms with Gasteiger partial charge in [0.15, 0.2) is 0 Å². The molecule has 0 radical (unpaired) electrons. The first-order valence-corrected chi connectivity index (χ1v) is 7.50. The molecule has 0 fully saturated rings. The summed E-state index contributed by atoms with van der Waals surface area (Å²) in [4.78, 5) is 0. The lowest BCUT2D eigenvalue weighted by Crippen LogP contribution is -2.37. The Kier molecular flexibility index (Phi) is 4.96. The Balaban J connectivity index is 2.11. The van der Waals surface area contributed by atoms with Gasteiger partial charge in [0.2, 0.25) is 0 Å². The van der Waals surface area contributed by atoms with E-state index >= 15 is 0 Å². The lowest BCUT2D eigenvalue weighted by Gasteiger charge is -2.23. The average Bonchev–Trinajstić information content (AvgIpc) is 2.94. The van der Waals surface area contributed by atoms with Crippen LogP contribution in [0.25, 0.3) is 11.3 Å². The molecule has 0 aliphatic carbocycles. The third-order valence-corrected chi connectivity index (χ3v) is 4.02. The molecule has 0 bridgehead atoms. The van der Waals surface area contributed by atoms with E-state index in [0.29, 0.717) is 17.3 Å². The van der Waals surface area contributed by atoms with Gasteiger partial charge >= 0.3 is 0 Å². The minimum Gasteiger partial charge on any atom is -0.495 e. The predicted molar refractivity (Wildman–Crippen MR) is 86.9 cm³/mol. The summed E-state index contributed by atoms with van der Waals surface area (Å²) in [5, 5.41) is 4.06. The van der Waals surface area contributed by atoms with E-state index in [9.17, 15) is 0 Å². The Bertz CT molecular complexity index is 605. The number of hydrogen-bond donors (Lipinski definition) is 1. The number of nitrogens with one attached hydrogen (secondary N) is 1. The van der Waals surface area contributed by atoms with E-state index in [1.54, 1.807) is 7.11 Å². The van der Waals surface area contributed by atoms with E-state index in [4.69, 9.17) is 20.8 Å². The molecule has 0 amide bonds. The fourth-order valence-electron chi connectivity index (χ4n) is 1.90. The molecular weight excluding hydrogens is 286 g/mol. The molecule has 2 rings (SSSR count). The van der Waals surface area contributed by atoms with E-state index in [1.807, 2.05) is 30.3 Å². The van der Waals surface area contributed by atoms with E-state index in [1.165, 1.54) is 0 Å². The van der Waals surface area contributed by atoms with Crippen molar-refractivity contribution in [3.05, 3.63) is 41.1 Å². The normalized spacial score (nSPS) is 11.7. The molecule has 1 heterocycles. The van der Waals surface area contributed by atoms with Gasteiger partial charge in [-0.3, -0.25) is 0 Å². The summed E-state index contributed by atoms with van der Waals surface area (Å²) in [7, 11) is 1.60. The standard InChI is InChI=1S/C17H22ClNO2/c1-5-17(2,3)19-11-13-7-9-15(21-13)12-6-8-16(20-4)14(18)10-12/h6-10,19H,5,11H2,1-4H3. The van der Waals surface area contributed by atoms with Crippen molar-refractivity contribution in [1.29, 1.82) is 0 Å². The highest BCUT2D eigenvalue weighted by atomic mass is 35.5. The van der Waals surface area contributed by atoms with Gasteiger partial charge in [-0.05, 0) is 50.6 Å². The highest BCUT2D eigenvalue weighted by Gasteiger charge is 2.15. The summed E-state index contributed by atoms with van der Waals surface area (Å²) in [6.07, 6.45) is 1.06. The second kappa shape index (κ2) is 6.54. The molecular formula is C17H22ClNO2. The molecule has 1 aromatic carbocycles. The summed E-state index contributed by atoms with van der Waals surface area (Å²) in [5.41, 5.74) is 1.05. The van der Waals surface area contributed by atoms with Gasteiger partial charge in [-0.25, -0.2) is 0 Å². The van der Waals surface area contributed by atoms with Gasteiger partial charge in [0.1, 0.15) is 17.3 Å². The van der Waals surface area contributed by atoms with Crippen LogP contribution in [-0.2, 0) is 6.54 Å². The largest absolute Gasteiger partial charge is 0.495 e. The zero-order valence-electron chi connectivity index (χ0n) is 13.0. The topological polar surface area (TPSA) is 34.4 Å². The molecule has 3 nitrogen and oxygen atoms in total. The van der Waals surface area contributed by atoms with Crippen LogP contribution in [0.1, 0.15) is 33.0 Å². The first kappa shape index (κ1) is 15.9. The van der Waals surface area contributed by atoms with Gasteiger partial charge in [0, 0.05) is 11.1 Å². The molecule has 0 saturated heterocycles. The van der Waals surface area contributed by atoms with Crippen molar-refractivity contribution >= 4 is 11.6 Å². The van der Waals surface area contributed by atoms with Gasteiger partial charge in [0.25, 0.3) is 0 Å². The van der Waals surface area contributed by atoms with E-state index < -0.39 is 0 Å². The fraction of sp³-hybridized carbons (Fsp3) is 0.412. The number of benzene rings is 1. The molecule has 0 atom stereocenters. The molecule has 4 heteroatoms. The van der Waals surface area contributed by atoms with E-state index in [0.717, 1.165) is 23.5 Å². The van der Waals surface area contributed by atoms with Crippen LogP contribution in [0.15, 0.2) is 34.7 Å². The number of hydrogen-bond acceptors (Lipinski definition) is 3. The molecule has 0 spiro atoms. The third-order valence-electron chi connectivity index (χ3n) is 3.72. The maximum atomic E-state index is 6.15. The van der Waals surface area contributed by atoms with Crippen molar-refractivity contribution in [2.75, 3.05) is 7.11 Å². The molecule has 2 aromatic rings. The molecule has 21 heavy (non-hydrogen) atoms. The van der Waals surface area contributed by atoms with Crippen LogP contribution in [0.3, 0.4) is 0 Å². The second-order valence-corrected chi connectivity index (χ2v) is 6.11. The van der Waals surface area contributed by atoms with Crippen LogP contribution in [0.4, 0.5) is 0 Å². The first-order valence-electron chi connectivity index (χ1n) is 7.13. The number of furan rings is 1. The second-order valence-electron chi connectivity index (χ2n) is 5.71. The van der Waals surface area contributed by atoms with Crippen LogP contribution in [0.2, 0.25) is 5.02 Å². The van der Waals surface area contributed by atoms with Gasteiger partial charge in [-0.15, -0.1) is 0 Å². The Morgan fingerprint density at radius 2 is 2.00 bits per heavy atom. The van der Waals surface area contributed by atoms with Gasteiger partial charge < -0.3 is 14.5 Å². The summed E-state index contributed by atoms with van der Waals surface area (Å²) in [6.45, 7) is 7.24. The van der Waals surface area contributed by atoms with E-state index in [2.05, 4.69) is 26.1 Å². The van der Waals surface area contributed by atoms with Gasteiger partial charge in [0.05, 0.1) is 18.7 Å². The molecule has 0 unspecified atom stereocenters. The zero-order chi connectivity index (χ0) is 15.5. The Morgan fingerprint density at radius 3 is 2.62 bits per heavy atom. The number of ether oxygens (including phenoxy) is 1. The summed E-state index contributed by atoms with van der Waals surface area (Å²) < 4.78 is 11.0. The predicted octanol–water partition coefficient (Wildman–Crippen LogP) is 4.89. The molecule has 0 saturated carbocycles. The van der Waals surface area contributed by atoms with Gasteiger partial charge in [-0.1, -0.05) is 18.5 Å². The molecule has 1 aromatic heterocycles. The quantitative estimate of drug-likeness (QED) is 0.825. The van der Waals surface area contributed by atoms with Crippen LogP contribution in [-0.4, -0.2) is 12.6 Å². The highest BCUT2D eigenvalue weighted by molar-refractivity contribution is 6.32. The lowest BCUT2D eigenvalue weighted by molar-refractivity contribution is 0.353. The van der Waals surface area contributed by atoms with Crippen molar-refractivity contribution in [2.24, 2.45) is 0 Å². The van der Waals surface area contributed by atoms with Crippen molar-refractivity contribution in [2.45, 2.75) is 39.3 Å². The summed E-state index contributed by atoms with van der Waals surface area (Å²) in [6, 6.07) is 9.60. The average molecular weight is 308 g/mol. The van der Waals surface area contributed by atoms with Crippen LogP contribution >= 0.6 is 11.6 Å². The van der Waals surface area contributed by atoms with E-state index in [-0.39, 0.29) is 5.54 Å². The highest BCUT2D eigenvalue weighted by Crippen LogP contribution is 2.31. The minimum absolute atomic E-state index is 0.108. The number of methoxy groups -OCH3 is 1. The maximum Gasteiger partial charge on any atom is 0.137 e. The summed E-state index contributed by atoms with van der Waals surface area (Å²) >= 11 is 6.15. The van der Waals surface area contributed by atoms with Crippen LogP contribution in [0.5, 0.6) is 5.75 Å². The van der Waals surface area contributed by atoms with Crippen LogP contribution in [0, 0.1) is 0 Å². The molecule has 1 N–H and O–H groups in total. The third kappa shape index (κ3) is 4.02. The van der Waals surface area contributed by atoms with Crippen LogP contribution < -0.4 is 10.1 Å². The smallest absolute Gasteiger partial charge is 0.137 e. The zero-order valence-corrected chi connectivity index (χ0v) is 13.8. The number of rotatable bonds is 6. The monoisotopic (exact) mass is 307 g/mol. The lowest BCUT2D eigenvalue weighted by atomic mass is 10.0. The first-order chi connectivity index (χ1) is 9.95.